The van der Waals surface area contributed by atoms with E-state index in [9.17, 15) is 4.79 Å². The van der Waals surface area contributed by atoms with Crippen molar-refractivity contribution < 1.29 is 9.21 Å². The molecule has 0 spiro atoms. The van der Waals surface area contributed by atoms with Gasteiger partial charge in [-0.05, 0) is 31.5 Å². The van der Waals surface area contributed by atoms with Crippen LogP contribution in [0.4, 0.5) is 5.69 Å². The topological polar surface area (TPSA) is 61.6 Å². The highest BCUT2D eigenvalue weighted by Gasteiger charge is 2.21. The minimum atomic E-state index is -0.264. The van der Waals surface area contributed by atoms with Crippen LogP contribution >= 0.6 is 23.2 Å². The van der Waals surface area contributed by atoms with E-state index < -0.39 is 0 Å². The number of aryl methyl sites for hydroxylation is 1. The number of anilines is 1. The number of halogens is 2. The van der Waals surface area contributed by atoms with Gasteiger partial charge in [0.05, 0.1) is 15.7 Å². The van der Waals surface area contributed by atoms with Crippen molar-refractivity contribution in [3.63, 3.8) is 0 Å². The molecule has 3 aromatic rings. The summed E-state index contributed by atoms with van der Waals surface area (Å²) >= 11 is 12.5. The second-order valence-corrected chi connectivity index (χ2v) is 9.20. The molecule has 0 radical (unpaired) electrons. The fraction of sp³-hybridized carbons (Fsp3) is 0.385. The Morgan fingerprint density at radius 3 is 2.56 bits per heavy atom. The van der Waals surface area contributed by atoms with E-state index in [4.69, 9.17) is 27.6 Å². The van der Waals surface area contributed by atoms with Gasteiger partial charge in [0, 0.05) is 44.7 Å². The number of amides is 1. The van der Waals surface area contributed by atoms with Crippen LogP contribution < -0.4 is 10.2 Å². The molecule has 1 amide bonds. The van der Waals surface area contributed by atoms with Crippen LogP contribution in [0.25, 0.3) is 11.3 Å². The zero-order valence-corrected chi connectivity index (χ0v) is 20.9. The Bertz CT molecular complexity index is 1100. The van der Waals surface area contributed by atoms with Gasteiger partial charge in [0.1, 0.15) is 11.5 Å². The van der Waals surface area contributed by atoms with Gasteiger partial charge in [-0.3, -0.25) is 9.69 Å². The first-order chi connectivity index (χ1) is 16.6. The summed E-state index contributed by atoms with van der Waals surface area (Å²) in [5, 5.41) is 4.16. The number of carbonyl (C=O) groups is 1. The van der Waals surface area contributed by atoms with Crippen molar-refractivity contribution in [3.8, 4) is 11.3 Å². The monoisotopic (exact) mass is 500 g/mol. The van der Waals surface area contributed by atoms with Gasteiger partial charge in [0.2, 0.25) is 0 Å². The maximum absolute atomic E-state index is 12.6. The summed E-state index contributed by atoms with van der Waals surface area (Å²) < 4.78 is 5.83. The number of oxazole rings is 1. The Kier molecular flexibility index (Phi) is 8.48. The number of hydrogen-bond acceptors (Lipinski definition) is 5. The Morgan fingerprint density at radius 2 is 1.82 bits per heavy atom. The number of carbonyl (C=O) groups excluding carboxylic acids is 1. The molecular formula is C26H30Cl2N4O2. The lowest BCUT2D eigenvalue weighted by molar-refractivity contribution is 0.0915. The van der Waals surface area contributed by atoms with Crippen molar-refractivity contribution in [2.45, 2.75) is 26.2 Å². The van der Waals surface area contributed by atoms with Gasteiger partial charge in [0.25, 0.3) is 5.89 Å². The number of piperazine rings is 1. The quantitative estimate of drug-likeness (QED) is 0.390. The Morgan fingerprint density at radius 1 is 1.06 bits per heavy atom. The van der Waals surface area contributed by atoms with Gasteiger partial charge >= 0.3 is 5.91 Å². The van der Waals surface area contributed by atoms with E-state index in [-0.39, 0.29) is 11.8 Å². The van der Waals surface area contributed by atoms with Crippen molar-refractivity contribution in [1.29, 1.82) is 0 Å². The molecule has 0 aliphatic carbocycles. The zero-order chi connectivity index (χ0) is 23.9. The maximum atomic E-state index is 12.6. The predicted molar refractivity (Wildman–Crippen MR) is 138 cm³/mol. The fourth-order valence-electron chi connectivity index (χ4n) is 4.20. The minimum Gasteiger partial charge on any atom is -0.437 e. The highest BCUT2D eigenvalue weighted by Crippen LogP contribution is 2.33. The summed E-state index contributed by atoms with van der Waals surface area (Å²) in [5.74, 6) is 0.630. The van der Waals surface area contributed by atoms with Crippen molar-refractivity contribution in [3.05, 3.63) is 70.2 Å². The number of nitrogens with zero attached hydrogens (tertiary/aromatic N) is 3. The largest absolute Gasteiger partial charge is 0.437 e. The summed E-state index contributed by atoms with van der Waals surface area (Å²) in [5.41, 5.74) is 2.71. The number of hydrogen-bond donors (Lipinski definition) is 1. The van der Waals surface area contributed by atoms with E-state index in [1.165, 1.54) is 0 Å². The zero-order valence-electron chi connectivity index (χ0n) is 19.4. The number of rotatable bonds is 9. The molecule has 0 atom stereocenters. The van der Waals surface area contributed by atoms with Gasteiger partial charge in [-0.1, -0.05) is 66.5 Å². The maximum Gasteiger partial charge on any atom is 0.307 e. The highest BCUT2D eigenvalue weighted by atomic mass is 35.5. The molecule has 1 fully saturated rings. The van der Waals surface area contributed by atoms with Crippen LogP contribution in [-0.2, 0) is 6.42 Å². The molecule has 0 bridgehead atoms. The van der Waals surface area contributed by atoms with E-state index in [0.717, 1.165) is 74.7 Å². The molecule has 4 rings (SSSR count). The van der Waals surface area contributed by atoms with Crippen molar-refractivity contribution in [2.24, 2.45) is 0 Å². The third-order valence-electron chi connectivity index (χ3n) is 6.00. The SMILES string of the molecule is CCCc1oc(C(=O)NCCCN2CCN(c3cccc(Cl)c3Cl)CC2)nc1-c1ccccc1. The first-order valence-corrected chi connectivity index (χ1v) is 12.6. The number of nitrogens with one attached hydrogen (secondary N) is 1. The lowest BCUT2D eigenvalue weighted by Crippen LogP contribution is -2.47. The third-order valence-corrected chi connectivity index (χ3v) is 6.81. The van der Waals surface area contributed by atoms with Gasteiger partial charge in [-0.2, -0.15) is 0 Å². The standard InChI is InChI=1S/C26H30Cl2N4O2/c1-2-8-22-24(19-9-4-3-5-10-19)30-26(34-22)25(33)29-13-7-14-31-15-17-32(18-16-31)21-12-6-11-20(27)23(21)28/h3-6,9-12H,2,7-8,13-18H2,1H3,(H,29,33). The van der Waals surface area contributed by atoms with Crippen molar-refractivity contribution >= 4 is 34.8 Å². The molecule has 0 saturated carbocycles. The van der Waals surface area contributed by atoms with Crippen LogP contribution in [-0.4, -0.2) is 55.1 Å². The molecular weight excluding hydrogens is 471 g/mol. The van der Waals surface area contributed by atoms with E-state index >= 15 is 0 Å². The van der Waals surface area contributed by atoms with Gasteiger partial charge in [-0.25, -0.2) is 4.98 Å². The van der Waals surface area contributed by atoms with Gasteiger partial charge in [-0.15, -0.1) is 0 Å². The minimum absolute atomic E-state index is 0.134. The summed E-state index contributed by atoms with van der Waals surface area (Å²) in [6, 6.07) is 15.6. The van der Waals surface area contributed by atoms with Crippen molar-refractivity contribution in [2.75, 3.05) is 44.2 Å². The number of aromatic nitrogens is 1. The summed E-state index contributed by atoms with van der Waals surface area (Å²) in [6.45, 7) is 7.25. The molecule has 2 aromatic carbocycles. The average molecular weight is 501 g/mol. The van der Waals surface area contributed by atoms with Crippen LogP contribution in [0.2, 0.25) is 10.0 Å². The highest BCUT2D eigenvalue weighted by molar-refractivity contribution is 6.43. The molecule has 1 aliphatic rings. The van der Waals surface area contributed by atoms with E-state index in [0.29, 0.717) is 16.6 Å². The smallest absolute Gasteiger partial charge is 0.307 e. The van der Waals surface area contributed by atoms with E-state index in [2.05, 4.69) is 27.0 Å². The summed E-state index contributed by atoms with van der Waals surface area (Å²) in [4.78, 5) is 21.8. The summed E-state index contributed by atoms with van der Waals surface area (Å²) in [6.07, 6.45) is 2.53. The first-order valence-electron chi connectivity index (χ1n) is 11.8. The molecule has 180 valence electrons. The lowest BCUT2D eigenvalue weighted by atomic mass is 10.1. The molecule has 8 heteroatoms. The number of benzene rings is 2. The second kappa shape index (κ2) is 11.7. The van der Waals surface area contributed by atoms with Crippen LogP contribution in [0.3, 0.4) is 0 Å². The molecule has 1 aliphatic heterocycles. The molecule has 1 N–H and O–H groups in total. The third kappa shape index (κ3) is 5.93. The normalized spacial score (nSPS) is 14.4. The second-order valence-electron chi connectivity index (χ2n) is 8.42. The average Bonchev–Trinajstić information content (AvgIpc) is 3.29. The Hall–Kier alpha value is -2.54. The predicted octanol–water partition coefficient (Wildman–Crippen LogP) is 5.54. The van der Waals surface area contributed by atoms with Crippen LogP contribution in [0.15, 0.2) is 52.9 Å². The van der Waals surface area contributed by atoms with Crippen LogP contribution in [0.1, 0.15) is 36.2 Å². The van der Waals surface area contributed by atoms with Crippen LogP contribution in [0, 0.1) is 0 Å². The Balaban J connectivity index is 1.24. The molecule has 1 saturated heterocycles. The van der Waals surface area contributed by atoms with Crippen LogP contribution in [0.5, 0.6) is 0 Å². The fourth-order valence-corrected chi connectivity index (χ4v) is 4.61. The molecule has 1 aromatic heterocycles. The Labute approximate surface area is 210 Å². The van der Waals surface area contributed by atoms with E-state index in [1.807, 2.05) is 48.5 Å². The molecule has 34 heavy (non-hydrogen) atoms. The molecule has 6 nitrogen and oxygen atoms in total. The summed E-state index contributed by atoms with van der Waals surface area (Å²) in [7, 11) is 0. The lowest BCUT2D eigenvalue weighted by Gasteiger charge is -2.36. The van der Waals surface area contributed by atoms with Gasteiger partial charge in [0.15, 0.2) is 0 Å². The van der Waals surface area contributed by atoms with Crippen molar-refractivity contribution in [1.82, 2.24) is 15.2 Å². The molecule has 2 heterocycles. The van der Waals surface area contributed by atoms with Gasteiger partial charge < -0.3 is 14.6 Å². The van der Waals surface area contributed by atoms with E-state index in [1.54, 1.807) is 0 Å². The first kappa shape index (κ1) is 24.6. The molecule has 0 unspecified atom stereocenters.